The Labute approximate surface area is 108 Å². The van der Waals surface area contributed by atoms with Crippen LogP contribution in [0.25, 0.3) is 5.53 Å². The van der Waals surface area contributed by atoms with Crippen LogP contribution < -0.4 is 0 Å². The van der Waals surface area contributed by atoms with Gasteiger partial charge in [-0.05, 0) is 17.3 Å². The second-order valence-electron chi connectivity index (χ2n) is 7.25. The van der Waals surface area contributed by atoms with E-state index in [1.165, 1.54) is 0 Å². The zero-order valence-electron chi connectivity index (χ0n) is 12.1. The van der Waals surface area contributed by atoms with Crippen molar-refractivity contribution in [3.63, 3.8) is 0 Å². The third-order valence-corrected chi connectivity index (χ3v) is 3.76. The highest BCUT2D eigenvalue weighted by Crippen LogP contribution is 2.42. The molecule has 0 aromatic carbocycles. The fraction of sp³-hybridized carbons (Fsp3) is 0.786. The van der Waals surface area contributed by atoms with Crippen LogP contribution in [-0.2, 0) is 9.59 Å². The summed E-state index contributed by atoms with van der Waals surface area (Å²) in [5.41, 5.74) is 8.19. The van der Waals surface area contributed by atoms with Crippen LogP contribution in [0.3, 0.4) is 0 Å². The fourth-order valence-corrected chi connectivity index (χ4v) is 2.49. The minimum absolute atomic E-state index is 0.239. The van der Waals surface area contributed by atoms with E-state index in [0.717, 1.165) is 0 Å². The third kappa shape index (κ3) is 2.59. The Morgan fingerprint density at radius 2 is 1.28 bits per heavy atom. The van der Waals surface area contributed by atoms with E-state index in [0.29, 0.717) is 6.42 Å². The lowest BCUT2D eigenvalue weighted by atomic mass is 9.61. The molecule has 0 aliphatic heterocycles. The Morgan fingerprint density at radius 1 is 0.944 bits per heavy atom. The van der Waals surface area contributed by atoms with Gasteiger partial charge in [-0.3, -0.25) is 9.59 Å². The monoisotopic (exact) mass is 250 g/mol. The molecule has 0 aromatic rings. The highest BCUT2D eigenvalue weighted by Gasteiger charge is 2.52. The molecule has 2 atom stereocenters. The van der Waals surface area contributed by atoms with Crippen LogP contribution in [0.2, 0.25) is 0 Å². The lowest BCUT2D eigenvalue weighted by Gasteiger charge is -2.38. The average molecular weight is 250 g/mol. The molecule has 4 nitrogen and oxygen atoms in total. The number of hydrogen-bond acceptors (Lipinski definition) is 2. The summed E-state index contributed by atoms with van der Waals surface area (Å²) >= 11 is 0. The Hall–Kier alpha value is -1.28. The second kappa shape index (κ2) is 4.43. The summed E-state index contributed by atoms with van der Waals surface area (Å²) in [6, 6.07) is 0. The van der Waals surface area contributed by atoms with Crippen LogP contribution in [0.1, 0.15) is 48.0 Å². The topological polar surface area (TPSA) is 70.5 Å². The highest BCUT2D eigenvalue weighted by molar-refractivity contribution is 6.65. The number of carbonyl (C=O) groups excluding carboxylic acids is 2. The van der Waals surface area contributed by atoms with Crippen molar-refractivity contribution < 1.29 is 14.4 Å². The van der Waals surface area contributed by atoms with Gasteiger partial charge in [0.25, 0.3) is 11.6 Å². The van der Waals surface area contributed by atoms with Gasteiger partial charge in [0.05, 0.1) is 0 Å². The number of hydrogen-bond donors (Lipinski definition) is 0. The van der Waals surface area contributed by atoms with Crippen molar-refractivity contribution in [3.8, 4) is 0 Å². The van der Waals surface area contributed by atoms with Crippen LogP contribution in [0, 0.1) is 22.7 Å². The molecule has 1 saturated carbocycles. The molecule has 1 aliphatic carbocycles. The first kappa shape index (κ1) is 14.8. The molecule has 0 amide bonds. The zero-order chi connectivity index (χ0) is 14.3. The molecule has 1 aliphatic rings. The Balaban J connectivity index is 3.27. The van der Waals surface area contributed by atoms with Crippen LogP contribution in [-0.4, -0.2) is 22.1 Å². The van der Waals surface area contributed by atoms with Crippen LogP contribution >= 0.6 is 0 Å². The van der Waals surface area contributed by atoms with Gasteiger partial charge in [-0.1, -0.05) is 41.5 Å². The molecule has 2 unspecified atom stereocenters. The number of nitrogens with zero attached hydrogens (tertiary/aromatic N) is 2. The summed E-state index contributed by atoms with van der Waals surface area (Å²) in [6.07, 6.45) is 0.531. The predicted octanol–water partition coefficient (Wildman–Crippen LogP) is 2.52. The van der Waals surface area contributed by atoms with Crippen molar-refractivity contribution in [1.82, 2.24) is 0 Å². The molecule has 0 saturated heterocycles. The van der Waals surface area contributed by atoms with Gasteiger partial charge in [0, 0.05) is 11.8 Å². The SMILES string of the molecule is CC(C)(C)C1CC(C(C)(C)C)C(=O)C(=[N+]=[N-])C1=O. The summed E-state index contributed by atoms with van der Waals surface area (Å²) < 4.78 is 0. The largest absolute Gasteiger partial charge is 0.400 e. The molecule has 0 aromatic heterocycles. The van der Waals surface area contributed by atoms with Gasteiger partial charge >= 0.3 is 5.71 Å². The van der Waals surface area contributed by atoms with Gasteiger partial charge in [0.1, 0.15) is 0 Å². The molecule has 0 heterocycles. The van der Waals surface area contributed by atoms with E-state index < -0.39 is 0 Å². The van der Waals surface area contributed by atoms with Crippen LogP contribution in [0.5, 0.6) is 0 Å². The minimum atomic E-state index is -0.324. The van der Waals surface area contributed by atoms with Gasteiger partial charge in [0.2, 0.25) is 0 Å². The maximum absolute atomic E-state index is 12.2. The molecular weight excluding hydrogens is 228 g/mol. The summed E-state index contributed by atoms with van der Waals surface area (Å²) in [5, 5.41) is 0. The number of carbonyl (C=O) groups is 2. The third-order valence-electron chi connectivity index (χ3n) is 3.76. The smallest absolute Gasteiger partial charge is 0.360 e. The van der Waals surface area contributed by atoms with Crippen molar-refractivity contribution in [3.05, 3.63) is 5.53 Å². The number of ketones is 2. The summed E-state index contributed by atoms with van der Waals surface area (Å²) in [6.45, 7) is 11.8. The molecule has 1 rings (SSSR count). The maximum Gasteiger partial charge on any atom is 0.400 e. The van der Waals surface area contributed by atoms with Crippen molar-refractivity contribution >= 4 is 17.3 Å². The quantitative estimate of drug-likeness (QED) is 0.489. The van der Waals surface area contributed by atoms with E-state index in [9.17, 15) is 9.59 Å². The second-order valence-corrected chi connectivity index (χ2v) is 7.25. The molecule has 4 heteroatoms. The predicted molar refractivity (Wildman–Crippen MR) is 69.1 cm³/mol. The van der Waals surface area contributed by atoms with Crippen LogP contribution in [0.4, 0.5) is 0 Å². The van der Waals surface area contributed by atoms with Gasteiger partial charge in [0.15, 0.2) is 0 Å². The van der Waals surface area contributed by atoms with E-state index in [-0.39, 0.29) is 39.9 Å². The summed E-state index contributed by atoms with van der Waals surface area (Å²) in [7, 11) is 0. The van der Waals surface area contributed by atoms with Gasteiger partial charge in [-0.15, -0.1) is 0 Å². The first-order valence-corrected chi connectivity index (χ1v) is 6.30. The molecular formula is C14H22N2O2. The standard InChI is InChI=1S/C14H22N2O2/c1-13(2,3)8-7-9(14(4,5)6)12(18)10(16-15)11(8)17/h8-9H,7H2,1-6H3. The lowest BCUT2D eigenvalue weighted by Crippen LogP contribution is -2.50. The van der Waals surface area contributed by atoms with E-state index in [4.69, 9.17) is 5.53 Å². The average Bonchev–Trinajstić information content (AvgIpc) is 2.14. The number of rotatable bonds is 0. The molecule has 1 fully saturated rings. The first-order valence-electron chi connectivity index (χ1n) is 6.30. The molecule has 100 valence electrons. The normalized spacial score (nSPS) is 26.2. The molecule has 0 radical (unpaired) electrons. The van der Waals surface area contributed by atoms with E-state index >= 15 is 0 Å². The minimum Gasteiger partial charge on any atom is -0.360 e. The van der Waals surface area contributed by atoms with Gasteiger partial charge < -0.3 is 5.53 Å². The Bertz CT molecular complexity index is 398. The Morgan fingerprint density at radius 3 is 1.50 bits per heavy atom. The fourth-order valence-electron chi connectivity index (χ4n) is 2.49. The number of Topliss-reactive ketones (excluding diaryl/α,β-unsaturated/α-hetero) is 2. The van der Waals surface area contributed by atoms with E-state index in [1.54, 1.807) is 0 Å². The van der Waals surface area contributed by atoms with Crippen molar-refractivity contribution in [2.75, 3.05) is 0 Å². The maximum atomic E-state index is 12.2. The van der Waals surface area contributed by atoms with Gasteiger partial charge in [-0.2, -0.15) is 4.79 Å². The van der Waals surface area contributed by atoms with Crippen LogP contribution in [0.15, 0.2) is 0 Å². The lowest BCUT2D eigenvalue weighted by molar-refractivity contribution is -0.137. The first-order chi connectivity index (χ1) is 8.00. The van der Waals surface area contributed by atoms with E-state index in [2.05, 4.69) is 4.79 Å². The molecule has 0 bridgehead atoms. The van der Waals surface area contributed by atoms with Crippen molar-refractivity contribution in [2.45, 2.75) is 48.0 Å². The summed E-state index contributed by atoms with van der Waals surface area (Å²) in [5.74, 6) is -1.19. The molecule has 18 heavy (non-hydrogen) atoms. The highest BCUT2D eigenvalue weighted by atomic mass is 16.2. The van der Waals surface area contributed by atoms with Gasteiger partial charge in [-0.25, -0.2) is 0 Å². The zero-order valence-corrected chi connectivity index (χ0v) is 12.1. The van der Waals surface area contributed by atoms with Crippen molar-refractivity contribution in [2.24, 2.45) is 22.7 Å². The summed E-state index contributed by atoms with van der Waals surface area (Å²) in [4.78, 5) is 27.3. The van der Waals surface area contributed by atoms with Crippen molar-refractivity contribution in [1.29, 1.82) is 0 Å². The van der Waals surface area contributed by atoms with E-state index in [1.807, 2.05) is 41.5 Å². The molecule has 0 spiro atoms. The molecule has 0 N–H and O–H groups in total. The Kier molecular flexibility index (Phi) is 3.64.